The van der Waals surface area contributed by atoms with Crippen LogP contribution in [-0.4, -0.2) is 55.1 Å². The molecule has 0 amide bonds. The summed E-state index contributed by atoms with van der Waals surface area (Å²) in [5, 5.41) is 0. The molecular formula is C13H28O5Si. The van der Waals surface area contributed by atoms with Crippen molar-refractivity contribution in [1.82, 2.24) is 0 Å². The van der Waals surface area contributed by atoms with Gasteiger partial charge in [-0.05, 0) is 25.3 Å². The number of ether oxygens (including phenoxy) is 3. The van der Waals surface area contributed by atoms with E-state index in [1.165, 1.54) is 0 Å². The lowest BCUT2D eigenvalue weighted by Crippen LogP contribution is -2.77. The molecule has 19 heavy (non-hydrogen) atoms. The standard InChI is InChI=1S/C13H28O5Si/c1-7-9-12(14-2)10-8-11-19(17-5,18-6)13(12,15-3)16-4/h7-11H2,1-6H3. The third kappa shape index (κ3) is 2.28. The maximum atomic E-state index is 5.90. The van der Waals surface area contributed by atoms with Crippen molar-refractivity contribution >= 4 is 8.56 Å². The van der Waals surface area contributed by atoms with Crippen molar-refractivity contribution in [3.63, 3.8) is 0 Å². The molecule has 1 atom stereocenters. The van der Waals surface area contributed by atoms with Gasteiger partial charge in [-0.3, -0.25) is 0 Å². The third-order valence-electron chi connectivity index (χ3n) is 4.47. The minimum absolute atomic E-state index is 0.512. The highest BCUT2D eigenvalue weighted by molar-refractivity contribution is 6.70. The van der Waals surface area contributed by atoms with E-state index in [1.54, 1.807) is 35.5 Å². The van der Waals surface area contributed by atoms with Gasteiger partial charge in [0, 0.05) is 35.5 Å². The molecule has 1 unspecified atom stereocenters. The minimum Gasteiger partial charge on any atom is -0.394 e. The minimum atomic E-state index is -2.67. The first-order valence-corrected chi connectivity index (χ1v) is 8.85. The van der Waals surface area contributed by atoms with Crippen LogP contribution in [0.3, 0.4) is 0 Å². The lowest BCUT2D eigenvalue weighted by Gasteiger charge is -2.56. The monoisotopic (exact) mass is 292 g/mol. The normalized spacial score (nSPS) is 29.4. The van der Waals surface area contributed by atoms with Gasteiger partial charge in [-0.1, -0.05) is 13.3 Å². The summed E-state index contributed by atoms with van der Waals surface area (Å²) >= 11 is 0. The van der Waals surface area contributed by atoms with Crippen molar-refractivity contribution < 1.29 is 23.1 Å². The van der Waals surface area contributed by atoms with Crippen LogP contribution in [0.5, 0.6) is 0 Å². The number of methoxy groups -OCH3 is 3. The number of rotatable bonds is 7. The van der Waals surface area contributed by atoms with Gasteiger partial charge in [-0.25, -0.2) is 0 Å². The SMILES string of the molecule is CCCC1(OC)CCC[Si](OC)(OC)C1(OC)OC. The first-order valence-electron chi connectivity index (χ1n) is 6.83. The number of hydrogen-bond acceptors (Lipinski definition) is 5. The van der Waals surface area contributed by atoms with E-state index in [2.05, 4.69) is 6.92 Å². The molecular weight excluding hydrogens is 264 g/mol. The van der Waals surface area contributed by atoms with Gasteiger partial charge >= 0.3 is 8.56 Å². The Hall–Kier alpha value is 0.0169. The zero-order valence-corrected chi connectivity index (χ0v) is 14.1. The molecule has 1 saturated heterocycles. The van der Waals surface area contributed by atoms with Crippen LogP contribution in [0.4, 0.5) is 0 Å². The summed E-state index contributed by atoms with van der Waals surface area (Å²) in [6.07, 6.45) is 3.73. The van der Waals surface area contributed by atoms with Crippen molar-refractivity contribution in [3.05, 3.63) is 0 Å². The summed E-state index contributed by atoms with van der Waals surface area (Å²) in [4.78, 5) is 0. The Kier molecular flexibility index (Phi) is 5.97. The van der Waals surface area contributed by atoms with Gasteiger partial charge in [-0.15, -0.1) is 0 Å². The molecule has 1 aliphatic heterocycles. The maximum absolute atomic E-state index is 5.90. The Labute approximate surface area is 117 Å². The lowest BCUT2D eigenvalue weighted by molar-refractivity contribution is -0.288. The molecule has 0 N–H and O–H groups in total. The highest BCUT2D eigenvalue weighted by atomic mass is 28.4. The van der Waals surface area contributed by atoms with Gasteiger partial charge in [0.05, 0.1) is 0 Å². The van der Waals surface area contributed by atoms with E-state index >= 15 is 0 Å². The fourth-order valence-corrected chi connectivity index (χ4v) is 7.39. The molecule has 0 aromatic rings. The Balaban J connectivity index is 3.37. The van der Waals surface area contributed by atoms with Crippen molar-refractivity contribution in [2.75, 3.05) is 35.5 Å². The molecule has 1 aliphatic rings. The first-order chi connectivity index (χ1) is 9.07. The Morgan fingerprint density at radius 2 is 1.53 bits per heavy atom. The van der Waals surface area contributed by atoms with E-state index in [9.17, 15) is 0 Å². The van der Waals surface area contributed by atoms with Crippen molar-refractivity contribution in [3.8, 4) is 0 Å². The van der Waals surface area contributed by atoms with Gasteiger partial charge in [0.2, 0.25) is 5.41 Å². The molecule has 6 heteroatoms. The second-order valence-corrected chi connectivity index (χ2v) is 8.47. The molecule has 1 heterocycles. The highest BCUT2D eigenvalue weighted by Crippen LogP contribution is 2.50. The molecule has 0 radical (unpaired) electrons. The molecule has 1 rings (SSSR count). The summed E-state index contributed by atoms with van der Waals surface area (Å²) in [6, 6.07) is 0.844. The van der Waals surface area contributed by atoms with E-state index < -0.39 is 19.6 Å². The van der Waals surface area contributed by atoms with Crippen LogP contribution >= 0.6 is 0 Å². The molecule has 0 bridgehead atoms. The predicted molar refractivity (Wildman–Crippen MR) is 75.2 cm³/mol. The topological polar surface area (TPSA) is 46.2 Å². The summed E-state index contributed by atoms with van der Waals surface area (Å²) < 4.78 is 29.2. The van der Waals surface area contributed by atoms with Crippen LogP contribution in [0.15, 0.2) is 0 Å². The van der Waals surface area contributed by atoms with Gasteiger partial charge < -0.3 is 23.1 Å². The largest absolute Gasteiger partial charge is 0.403 e. The average Bonchev–Trinajstić information content (AvgIpc) is 2.46. The summed E-state index contributed by atoms with van der Waals surface area (Å²) in [5.41, 5.74) is -1.45. The first kappa shape index (κ1) is 17.1. The van der Waals surface area contributed by atoms with Crippen LogP contribution in [0.1, 0.15) is 32.6 Å². The summed E-state index contributed by atoms with van der Waals surface area (Å²) in [5.74, 6) is 0. The molecule has 5 nitrogen and oxygen atoms in total. The highest BCUT2D eigenvalue weighted by Gasteiger charge is 2.71. The van der Waals surface area contributed by atoms with Crippen molar-refractivity contribution in [1.29, 1.82) is 0 Å². The number of hydrogen-bond donors (Lipinski definition) is 0. The van der Waals surface area contributed by atoms with Crippen LogP contribution in [-0.2, 0) is 23.1 Å². The average molecular weight is 292 g/mol. The van der Waals surface area contributed by atoms with Gasteiger partial charge in [0.15, 0.2) is 0 Å². The predicted octanol–water partition coefficient (Wildman–Crippen LogP) is 2.23. The molecule has 114 valence electrons. The quantitative estimate of drug-likeness (QED) is 0.532. The molecule has 0 spiro atoms. The molecule has 0 saturated carbocycles. The van der Waals surface area contributed by atoms with Gasteiger partial charge in [-0.2, -0.15) is 0 Å². The van der Waals surface area contributed by atoms with Crippen molar-refractivity contribution in [2.45, 2.75) is 49.7 Å². The second kappa shape index (κ2) is 6.65. The van der Waals surface area contributed by atoms with Gasteiger partial charge in [0.25, 0.3) is 0 Å². The Morgan fingerprint density at radius 3 is 1.89 bits per heavy atom. The molecule has 0 aromatic carbocycles. The van der Waals surface area contributed by atoms with E-state index in [0.717, 1.165) is 31.7 Å². The van der Waals surface area contributed by atoms with Crippen LogP contribution < -0.4 is 0 Å². The molecule has 0 aliphatic carbocycles. The third-order valence-corrected chi connectivity index (χ3v) is 8.66. The molecule has 1 fully saturated rings. The lowest BCUT2D eigenvalue weighted by atomic mass is 9.90. The summed E-state index contributed by atoms with van der Waals surface area (Å²) in [7, 11) is 5.71. The Morgan fingerprint density at radius 1 is 0.947 bits per heavy atom. The van der Waals surface area contributed by atoms with E-state index in [0.29, 0.717) is 0 Å². The smallest absolute Gasteiger partial charge is 0.394 e. The summed E-state index contributed by atoms with van der Waals surface area (Å²) in [6.45, 7) is 2.13. The van der Waals surface area contributed by atoms with E-state index in [1.807, 2.05) is 0 Å². The second-order valence-electron chi connectivity index (χ2n) is 4.99. The van der Waals surface area contributed by atoms with E-state index in [4.69, 9.17) is 23.1 Å². The van der Waals surface area contributed by atoms with Crippen LogP contribution in [0.25, 0.3) is 0 Å². The zero-order chi connectivity index (χ0) is 14.6. The zero-order valence-electron chi connectivity index (χ0n) is 13.1. The van der Waals surface area contributed by atoms with Crippen LogP contribution in [0, 0.1) is 0 Å². The fraction of sp³-hybridized carbons (Fsp3) is 1.00. The maximum Gasteiger partial charge on any atom is 0.403 e. The van der Waals surface area contributed by atoms with Crippen LogP contribution in [0.2, 0.25) is 6.04 Å². The molecule has 0 aromatic heterocycles. The fourth-order valence-electron chi connectivity index (χ4n) is 3.64. The Bertz CT molecular complexity index is 274. The van der Waals surface area contributed by atoms with Gasteiger partial charge in [0.1, 0.15) is 5.60 Å². The van der Waals surface area contributed by atoms with E-state index in [-0.39, 0.29) is 0 Å². The van der Waals surface area contributed by atoms with Crippen molar-refractivity contribution in [2.24, 2.45) is 0 Å².